The zero-order valence-corrected chi connectivity index (χ0v) is 8.96. The Hall–Kier alpha value is -1.37. The Balaban J connectivity index is 2.29. The lowest BCUT2D eigenvalue weighted by atomic mass is 9.97. The van der Waals surface area contributed by atoms with Crippen LogP contribution >= 0.6 is 0 Å². The summed E-state index contributed by atoms with van der Waals surface area (Å²) in [6, 6.07) is 8.14. The molecule has 0 amide bonds. The molecule has 2 rings (SSSR count). The first-order valence-electron chi connectivity index (χ1n) is 5.46. The van der Waals surface area contributed by atoms with Gasteiger partial charge in [-0.15, -0.1) is 0 Å². The summed E-state index contributed by atoms with van der Waals surface area (Å²) >= 11 is 0. The topological polar surface area (TPSA) is 0 Å². The van der Waals surface area contributed by atoms with Crippen LogP contribution in [0.2, 0.25) is 0 Å². The van der Waals surface area contributed by atoms with Gasteiger partial charge in [-0.2, -0.15) is 0 Å². The monoisotopic (exact) mass is 202 g/mol. The molecule has 0 aromatic heterocycles. The van der Waals surface area contributed by atoms with Gasteiger partial charge in [0, 0.05) is 5.57 Å². The van der Waals surface area contributed by atoms with E-state index in [2.05, 4.69) is 19.1 Å². The van der Waals surface area contributed by atoms with E-state index in [9.17, 15) is 4.39 Å². The van der Waals surface area contributed by atoms with E-state index in [0.717, 1.165) is 30.4 Å². The highest BCUT2D eigenvalue weighted by molar-refractivity contribution is 5.77. The Morgan fingerprint density at radius 2 is 1.73 bits per heavy atom. The van der Waals surface area contributed by atoms with Crippen molar-refractivity contribution in [1.82, 2.24) is 0 Å². The summed E-state index contributed by atoms with van der Waals surface area (Å²) in [6.07, 6.45) is 6.44. The first-order valence-corrected chi connectivity index (χ1v) is 5.46. The first kappa shape index (κ1) is 10.2. The number of rotatable bonds is 2. The molecule has 0 heterocycles. The van der Waals surface area contributed by atoms with Crippen LogP contribution in [0.3, 0.4) is 0 Å². The van der Waals surface area contributed by atoms with E-state index >= 15 is 0 Å². The van der Waals surface area contributed by atoms with E-state index in [-0.39, 0.29) is 5.83 Å². The highest BCUT2D eigenvalue weighted by Crippen LogP contribution is 2.29. The van der Waals surface area contributed by atoms with E-state index in [0.29, 0.717) is 0 Å². The molecule has 0 atom stereocenters. The molecule has 0 bridgehead atoms. The molecular formula is C14H15F. The van der Waals surface area contributed by atoms with E-state index in [1.54, 1.807) is 6.08 Å². The molecule has 0 unspecified atom stereocenters. The van der Waals surface area contributed by atoms with Crippen molar-refractivity contribution in [1.29, 1.82) is 0 Å². The molecule has 0 spiro atoms. The lowest BCUT2D eigenvalue weighted by molar-refractivity contribution is 0.660. The molecule has 1 heteroatoms. The third-order valence-electron chi connectivity index (χ3n) is 2.77. The fourth-order valence-corrected chi connectivity index (χ4v) is 1.82. The normalized spacial score (nSPS) is 15.9. The number of hydrogen-bond acceptors (Lipinski definition) is 0. The van der Waals surface area contributed by atoms with Crippen molar-refractivity contribution >= 4 is 5.57 Å². The summed E-state index contributed by atoms with van der Waals surface area (Å²) in [5.74, 6) is -0.0782. The van der Waals surface area contributed by atoms with Gasteiger partial charge < -0.3 is 0 Å². The molecule has 1 aromatic carbocycles. The van der Waals surface area contributed by atoms with Gasteiger partial charge in [-0.25, -0.2) is 4.39 Å². The van der Waals surface area contributed by atoms with Crippen LogP contribution < -0.4 is 0 Å². The van der Waals surface area contributed by atoms with Crippen molar-refractivity contribution in [3.8, 4) is 0 Å². The average molecular weight is 202 g/mol. The van der Waals surface area contributed by atoms with Crippen LogP contribution in [0.1, 0.15) is 30.9 Å². The van der Waals surface area contributed by atoms with Gasteiger partial charge in [0.05, 0.1) is 0 Å². The Bertz CT molecular complexity index is 396. The molecule has 0 aliphatic heterocycles. The van der Waals surface area contributed by atoms with E-state index < -0.39 is 0 Å². The van der Waals surface area contributed by atoms with Gasteiger partial charge in [0.1, 0.15) is 5.83 Å². The highest BCUT2D eigenvalue weighted by atomic mass is 19.1. The quantitative estimate of drug-likeness (QED) is 0.671. The van der Waals surface area contributed by atoms with Crippen molar-refractivity contribution < 1.29 is 4.39 Å². The molecule has 1 aromatic rings. The maximum absolute atomic E-state index is 13.5. The number of halogens is 1. The molecular weight excluding hydrogens is 187 g/mol. The summed E-state index contributed by atoms with van der Waals surface area (Å²) in [6.45, 7) is 2.12. The minimum absolute atomic E-state index is 0.0782. The third-order valence-corrected chi connectivity index (χ3v) is 2.77. The zero-order chi connectivity index (χ0) is 10.7. The fraction of sp³-hybridized carbons (Fsp3) is 0.286. The fourth-order valence-electron chi connectivity index (χ4n) is 1.82. The second kappa shape index (κ2) is 4.43. The molecule has 0 fully saturated rings. The van der Waals surface area contributed by atoms with E-state index in [1.165, 1.54) is 5.56 Å². The van der Waals surface area contributed by atoms with Gasteiger partial charge >= 0.3 is 0 Å². The maximum Gasteiger partial charge on any atom is 0.126 e. The lowest BCUT2D eigenvalue weighted by Crippen LogP contribution is -1.91. The predicted molar refractivity (Wildman–Crippen MR) is 62.2 cm³/mol. The Labute approximate surface area is 90.1 Å². The van der Waals surface area contributed by atoms with Crippen LogP contribution in [0.5, 0.6) is 0 Å². The van der Waals surface area contributed by atoms with Crippen molar-refractivity contribution in [3.63, 3.8) is 0 Å². The molecule has 1 aliphatic rings. The summed E-state index contributed by atoms with van der Waals surface area (Å²) < 4.78 is 13.5. The maximum atomic E-state index is 13.5. The largest absolute Gasteiger partial charge is 0.207 e. The molecule has 0 saturated heterocycles. The van der Waals surface area contributed by atoms with Gasteiger partial charge in [0.25, 0.3) is 0 Å². The van der Waals surface area contributed by atoms with Crippen LogP contribution in [0, 0.1) is 0 Å². The Morgan fingerprint density at radius 3 is 2.33 bits per heavy atom. The zero-order valence-electron chi connectivity index (χ0n) is 8.96. The van der Waals surface area contributed by atoms with Crippen molar-refractivity contribution in [3.05, 3.63) is 53.4 Å². The van der Waals surface area contributed by atoms with Crippen LogP contribution in [0.25, 0.3) is 5.57 Å². The number of aryl methyl sites for hydroxylation is 1. The van der Waals surface area contributed by atoms with Crippen LogP contribution in [-0.2, 0) is 6.42 Å². The standard InChI is InChI=1S/C14H15F/c1-2-11-7-9-12(10-8-11)13-5-3-4-6-14(13)15/h5-10H,2-4H2,1H3. The minimum atomic E-state index is -0.0782. The van der Waals surface area contributed by atoms with E-state index in [4.69, 9.17) is 0 Å². The SMILES string of the molecule is CCc1ccc(C2=CCCC=C2F)cc1. The third kappa shape index (κ3) is 2.17. The predicted octanol–water partition coefficient (Wildman–Crippen LogP) is 4.28. The second-order valence-corrected chi connectivity index (χ2v) is 3.80. The van der Waals surface area contributed by atoms with Crippen molar-refractivity contribution in [2.75, 3.05) is 0 Å². The lowest BCUT2D eigenvalue weighted by Gasteiger charge is -2.10. The number of benzene rings is 1. The van der Waals surface area contributed by atoms with Crippen molar-refractivity contribution in [2.24, 2.45) is 0 Å². The molecule has 15 heavy (non-hydrogen) atoms. The molecule has 0 N–H and O–H groups in total. The molecule has 1 aliphatic carbocycles. The molecule has 0 nitrogen and oxygen atoms in total. The smallest absolute Gasteiger partial charge is 0.126 e. The summed E-state index contributed by atoms with van der Waals surface area (Å²) in [7, 11) is 0. The van der Waals surface area contributed by atoms with Gasteiger partial charge in [0.15, 0.2) is 0 Å². The van der Waals surface area contributed by atoms with Gasteiger partial charge in [-0.1, -0.05) is 37.3 Å². The van der Waals surface area contributed by atoms with E-state index in [1.807, 2.05) is 18.2 Å². The first-order chi connectivity index (χ1) is 7.31. The van der Waals surface area contributed by atoms with Gasteiger partial charge in [0.2, 0.25) is 0 Å². The van der Waals surface area contributed by atoms with Gasteiger partial charge in [-0.05, 0) is 36.5 Å². The molecule has 0 radical (unpaired) electrons. The number of allylic oxidation sites excluding steroid dienone is 4. The van der Waals surface area contributed by atoms with Gasteiger partial charge in [-0.3, -0.25) is 0 Å². The second-order valence-electron chi connectivity index (χ2n) is 3.80. The summed E-state index contributed by atoms with van der Waals surface area (Å²) in [5.41, 5.74) is 3.03. The molecule has 78 valence electrons. The van der Waals surface area contributed by atoms with Crippen LogP contribution in [0.15, 0.2) is 42.2 Å². The van der Waals surface area contributed by atoms with Crippen molar-refractivity contribution in [2.45, 2.75) is 26.2 Å². The number of hydrogen-bond donors (Lipinski definition) is 0. The van der Waals surface area contributed by atoms with Crippen LogP contribution in [-0.4, -0.2) is 0 Å². The highest BCUT2D eigenvalue weighted by Gasteiger charge is 2.09. The average Bonchev–Trinajstić information content (AvgIpc) is 2.30. The minimum Gasteiger partial charge on any atom is -0.207 e. The molecule has 0 saturated carbocycles. The summed E-state index contributed by atoms with van der Waals surface area (Å²) in [5, 5.41) is 0. The van der Waals surface area contributed by atoms with Crippen LogP contribution in [0.4, 0.5) is 4.39 Å². The Kier molecular flexibility index (Phi) is 3.00. The summed E-state index contributed by atoms with van der Waals surface area (Å²) in [4.78, 5) is 0. The Morgan fingerprint density at radius 1 is 1.07 bits per heavy atom.